The molecule has 0 heterocycles. The first-order valence-electron chi connectivity index (χ1n) is 6.89. The molecule has 0 spiro atoms. The molecule has 0 saturated heterocycles. The van der Waals surface area contributed by atoms with E-state index in [1.54, 1.807) is 6.07 Å². The molecule has 2 aromatic carbocycles. The van der Waals surface area contributed by atoms with Crippen LogP contribution in [0.2, 0.25) is 5.02 Å². The standard InChI is InChI=1S/C17H18ClNO2/c1-12(7-8-13-5-3-2-4-6-13)19-17(21)15-10-9-14(18)11-16(15)20/h2-6,9-12,20H,7-8H2,1H3,(H,19,21). The van der Waals surface area contributed by atoms with Crippen LogP contribution in [0.3, 0.4) is 0 Å². The topological polar surface area (TPSA) is 49.3 Å². The lowest BCUT2D eigenvalue weighted by molar-refractivity contribution is 0.0936. The van der Waals surface area contributed by atoms with Crippen molar-refractivity contribution in [2.45, 2.75) is 25.8 Å². The van der Waals surface area contributed by atoms with Gasteiger partial charge in [0.2, 0.25) is 0 Å². The molecule has 0 aliphatic heterocycles. The van der Waals surface area contributed by atoms with E-state index in [-0.39, 0.29) is 23.3 Å². The number of nitrogens with one attached hydrogen (secondary N) is 1. The minimum absolute atomic E-state index is 0.0211. The molecule has 0 aliphatic carbocycles. The number of hydrogen-bond acceptors (Lipinski definition) is 2. The summed E-state index contributed by atoms with van der Waals surface area (Å²) in [6.07, 6.45) is 1.74. The minimum atomic E-state index is -0.287. The predicted molar refractivity (Wildman–Crippen MR) is 84.8 cm³/mol. The van der Waals surface area contributed by atoms with Crippen molar-refractivity contribution in [1.29, 1.82) is 0 Å². The van der Waals surface area contributed by atoms with Gasteiger partial charge in [0.25, 0.3) is 5.91 Å². The summed E-state index contributed by atoms with van der Waals surface area (Å²) >= 11 is 5.75. The summed E-state index contributed by atoms with van der Waals surface area (Å²) in [5.74, 6) is -0.389. The number of hydrogen-bond donors (Lipinski definition) is 2. The Hall–Kier alpha value is -2.00. The lowest BCUT2D eigenvalue weighted by Crippen LogP contribution is -2.32. The van der Waals surface area contributed by atoms with Gasteiger partial charge in [-0.15, -0.1) is 0 Å². The van der Waals surface area contributed by atoms with E-state index in [0.717, 1.165) is 12.8 Å². The number of carbonyl (C=O) groups is 1. The van der Waals surface area contributed by atoms with Crippen molar-refractivity contribution >= 4 is 17.5 Å². The molecule has 0 aromatic heterocycles. The molecule has 21 heavy (non-hydrogen) atoms. The van der Waals surface area contributed by atoms with Crippen LogP contribution in [-0.4, -0.2) is 17.1 Å². The summed E-state index contributed by atoms with van der Waals surface area (Å²) in [4.78, 5) is 12.1. The van der Waals surface area contributed by atoms with Crippen LogP contribution in [0, 0.1) is 0 Å². The third kappa shape index (κ3) is 4.50. The number of aryl methyl sites for hydroxylation is 1. The van der Waals surface area contributed by atoms with Crippen molar-refractivity contribution in [3.05, 3.63) is 64.7 Å². The average molecular weight is 304 g/mol. The second kappa shape index (κ2) is 7.14. The molecule has 0 saturated carbocycles. The third-order valence-electron chi connectivity index (χ3n) is 3.29. The largest absolute Gasteiger partial charge is 0.507 e. The maximum absolute atomic E-state index is 12.1. The maximum atomic E-state index is 12.1. The number of halogens is 1. The molecule has 0 bridgehead atoms. The van der Waals surface area contributed by atoms with Gasteiger partial charge in [-0.05, 0) is 43.5 Å². The average Bonchev–Trinajstić information content (AvgIpc) is 2.46. The van der Waals surface area contributed by atoms with E-state index < -0.39 is 0 Å². The molecule has 1 amide bonds. The molecular weight excluding hydrogens is 286 g/mol. The number of phenols is 1. The quantitative estimate of drug-likeness (QED) is 0.882. The zero-order chi connectivity index (χ0) is 15.2. The van der Waals surface area contributed by atoms with Gasteiger partial charge in [-0.25, -0.2) is 0 Å². The van der Waals surface area contributed by atoms with Gasteiger partial charge in [0.05, 0.1) is 5.56 Å². The molecule has 2 N–H and O–H groups in total. The lowest BCUT2D eigenvalue weighted by atomic mass is 10.1. The first-order chi connectivity index (χ1) is 10.1. The van der Waals surface area contributed by atoms with Gasteiger partial charge in [-0.1, -0.05) is 41.9 Å². The second-order valence-corrected chi connectivity index (χ2v) is 5.50. The SMILES string of the molecule is CC(CCc1ccccc1)NC(=O)c1ccc(Cl)cc1O. The second-order valence-electron chi connectivity index (χ2n) is 5.06. The number of aromatic hydroxyl groups is 1. The van der Waals surface area contributed by atoms with Crippen LogP contribution in [0.1, 0.15) is 29.3 Å². The van der Waals surface area contributed by atoms with E-state index in [0.29, 0.717) is 5.02 Å². The molecule has 4 heteroatoms. The Morgan fingerprint density at radius 3 is 2.62 bits per heavy atom. The molecule has 0 aliphatic rings. The predicted octanol–water partition coefficient (Wildman–Crippen LogP) is 3.80. The van der Waals surface area contributed by atoms with Crippen LogP contribution >= 0.6 is 11.6 Å². The smallest absolute Gasteiger partial charge is 0.255 e. The third-order valence-corrected chi connectivity index (χ3v) is 3.53. The highest BCUT2D eigenvalue weighted by Crippen LogP contribution is 2.21. The van der Waals surface area contributed by atoms with Crippen molar-refractivity contribution in [3.8, 4) is 5.75 Å². The normalized spacial score (nSPS) is 11.9. The summed E-state index contributed by atoms with van der Waals surface area (Å²) in [6.45, 7) is 1.95. The zero-order valence-corrected chi connectivity index (χ0v) is 12.6. The first kappa shape index (κ1) is 15.4. The van der Waals surface area contributed by atoms with Crippen molar-refractivity contribution in [2.24, 2.45) is 0 Å². The Balaban J connectivity index is 1.90. The van der Waals surface area contributed by atoms with Gasteiger partial charge >= 0.3 is 0 Å². The van der Waals surface area contributed by atoms with Crippen molar-refractivity contribution < 1.29 is 9.90 Å². The van der Waals surface area contributed by atoms with E-state index in [1.807, 2.05) is 25.1 Å². The van der Waals surface area contributed by atoms with Crippen LogP contribution in [0.5, 0.6) is 5.75 Å². The van der Waals surface area contributed by atoms with Crippen molar-refractivity contribution in [3.63, 3.8) is 0 Å². The van der Waals surface area contributed by atoms with Crippen molar-refractivity contribution in [2.75, 3.05) is 0 Å². The monoisotopic (exact) mass is 303 g/mol. The fourth-order valence-corrected chi connectivity index (χ4v) is 2.26. The first-order valence-corrected chi connectivity index (χ1v) is 7.27. The fourth-order valence-electron chi connectivity index (χ4n) is 2.10. The van der Waals surface area contributed by atoms with Crippen molar-refractivity contribution in [1.82, 2.24) is 5.32 Å². The maximum Gasteiger partial charge on any atom is 0.255 e. The van der Waals surface area contributed by atoms with Gasteiger partial charge < -0.3 is 10.4 Å². The summed E-state index contributed by atoms with van der Waals surface area (Å²) in [5, 5.41) is 13.0. The molecular formula is C17H18ClNO2. The highest BCUT2D eigenvalue weighted by atomic mass is 35.5. The van der Waals surface area contributed by atoms with Crippen LogP contribution in [0.4, 0.5) is 0 Å². The van der Waals surface area contributed by atoms with Crippen LogP contribution < -0.4 is 5.32 Å². The molecule has 0 fully saturated rings. The Kier molecular flexibility index (Phi) is 5.23. The number of amides is 1. The Bertz CT molecular complexity index is 613. The van der Waals surface area contributed by atoms with E-state index >= 15 is 0 Å². The molecule has 1 unspecified atom stereocenters. The molecule has 2 rings (SSSR count). The summed E-state index contributed by atoms with van der Waals surface area (Å²) in [5.41, 5.74) is 1.49. The molecule has 110 valence electrons. The van der Waals surface area contributed by atoms with Gasteiger partial charge in [-0.2, -0.15) is 0 Å². The van der Waals surface area contributed by atoms with Crippen LogP contribution in [0.25, 0.3) is 0 Å². The Labute approximate surface area is 129 Å². The Morgan fingerprint density at radius 1 is 1.24 bits per heavy atom. The highest BCUT2D eigenvalue weighted by Gasteiger charge is 2.13. The van der Waals surface area contributed by atoms with E-state index in [4.69, 9.17) is 11.6 Å². The van der Waals surface area contributed by atoms with E-state index in [1.165, 1.54) is 17.7 Å². The number of benzene rings is 2. The molecule has 3 nitrogen and oxygen atoms in total. The van der Waals surface area contributed by atoms with Crippen LogP contribution in [-0.2, 0) is 6.42 Å². The number of phenolic OH excluding ortho intramolecular Hbond substituents is 1. The highest BCUT2D eigenvalue weighted by molar-refractivity contribution is 6.30. The summed E-state index contributed by atoms with van der Waals surface area (Å²) < 4.78 is 0. The van der Waals surface area contributed by atoms with Gasteiger partial charge in [0.15, 0.2) is 0 Å². The van der Waals surface area contributed by atoms with E-state index in [2.05, 4.69) is 17.4 Å². The van der Waals surface area contributed by atoms with Crippen LogP contribution in [0.15, 0.2) is 48.5 Å². The molecule has 1 atom stereocenters. The van der Waals surface area contributed by atoms with E-state index in [9.17, 15) is 9.90 Å². The van der Waals surface area contributed by atoms with Gasteiger partial charge in [-0.3, -0.25) is 4.79 Å². The number of rotatable bonds is 5. The molecule has 0 radical (unpaired) electrons. The summed E-state index contributed by atoms with van der Waals surface area (Å²) in [6, 6.07) is 14.6. The van der Waals surface area contributed by atoms with Gasteiger partial charge in [0, 0.05) is 11.1 Å². The number of carbonyl (C=O) groups excluding carboxylic acids is 1. The summed E-state index contributed by atoms with van der Waals surface area (Å²) in [7, 11) is 0. The lowest BCUT2D eigenvalue weighted by Gasteiger charge is -2.14. The Morgan fingerprint density at radius 2 is 1.95 bits per heavy atom. The minimum Gasteiger partial charge on any atom is -0.507 e. The zero-order valence-electron chi connectivity index (χ0n) is 11.8. The van der Waals surface area contributed by atoms with Gasteiger partial charge in [0.1, 0.15) is 5.75 Å². The molecule has 2 aromatic rings. The fraction of sp³-hybridized carbons (Fsp3) is 0.235.